The molecule has 0 aromatic heterocycles. The van der Waals surface area contributed by atoms with Crippen molar-refractivity contribution in [3.63, 3.8) is 0 Å². The number of hydrogen-bond acceptors (Lipinski definition) is 2. The van der Waals surface area contributed by atoms with Crippen LogP contribution in [-0.2, 0) is 0 Å². The molecule has 0 fully saturated rings. The van der Waals surface area contributed by atoms with Crippen LogP contribution < -0.4 is 4.74 Å². The van der Waals surface area contributed by atoms with E-state index in [-0.39, 0.29) is 5.78 Å². The van der Waals surface area contributed by atoms with Gasteiger partial charge in [0.15, 0.2) is 5.78 Å². The van der Waals surface area contributed by atoms with Gasteiger partial charge in [-0.05, 0) is 19.1 Å². The second-order valence-corrected chi connectivity index (χ2v) is 2.63. The molecule has 0 heterocycles. The largest absolute Gasteiger partial charge is 0.486 e. The zero-order valence-electron chi connectivity index (χ0n) is 7.91. The molecule has 1 aromatic rings. The second-order valence-electron chi connectivity index (χ2n) is 2.63. The molecule has 2 nitrogen and oxygen atoms in total. The maximum Gasteiger partial charge on any atom is 0.166 e. The van der Waals surface area contributed by atoms with E-state index in [1.807, 2.05) is 19.1 Å². The summed E-state index contributed by atoms with van der Waals surface area (Å²) in [5, 5.41) is 0. The van der Waals surface area contributed by atoms with Crippen molar-refractivity contribution in [3.05, 3.63) is 36.4 Å². The molecule has 13 heavy (non-hydrogen) atoms. The van der Waals surface area contributed by atoms with E-state index < -0.39 is 0 Å². The Morgan fingerprint density at radius 3 is 2.77 bits per heavy atom. The van der Waals surface area contributed by atoms with E-state index in [0.717, 1.165) is 0 Å². The van der Waals surface area contributed by atoms with E-state index >= 15 is 0 Å². The predicted molar refractivity (Wildman–Crippen MR) is 51.7 cm³/mol. The Balaban J connectivity index is 2.97. The average Bonchev–Trinajstić information content (AvgIpc) is 2.18. The van der Waals surface area contributed by atoms with Crippen LogP contribution in [0.3, 0.4) is 0 Å². The van der Waals surface area contributed by atoms with E-state index in [2.05, 4.69) is 0 Å². The Morgan fingerprint density at radius 1 is 1.46 bits per heavy atom. The average molecular weight is 177 g/mol. The Morgan fingerprint density at radius 2 is 2.15 bits per heavy atom. The fourth-order valence-corrected chi connectivity index (χ4v) is 1.12. The van der Waals surface area contributed by atoms with Crippen molar-refractivity contribution in [2.75, 3.05) is 0 Å². The summed E-state index contributed by atoms with van der Waals surface area (Å²) in [4.78, 5) is 11.4. The smallest absolute Gasteiger partial charge is 0.166 e. The van der Waals surface area contributed by atoms with Crippen molar-refractivity contribution < 1.29 is 9.53 Å². The topological polar surface area (TPSA) is 26.3 Å². The highest BCUT2D eigenvalue weighted by Gasteiger charge is 2.08. The minimum absolute atomic E-state index is 0.109. The van der Waals surface area contributed by atoms with Gasteiger partial charge in [0.05, 0.1) is 5.56 Å². The van der Waals surface area contributed by atoms with E-state index in [4.69, 9.17) is 4.74 Å². The third kappa shape index (κ3) is 2.31. The highest BCUT2D eigenvalue weighted by atomic mass is 16.5. The maximum atomic E-state index is 11.4. The van der Waals surface area contributed by atoms with Crippen molar-refractivity contribution in [2.24, 2.45) is 0 Å². The van der Waals surface area contributed by atoms with Gasteiger partial charge in [-0.25, -0.2) is 0 Å². The summed E-state index contributed by atoms with van der Waals surface area (Å²) in [6.45, 7) is 5.20. The van der Waals surface area contributed by atoms with Crippen molar-refractivity contribution in [3.8, 4) is 5.75 Å². The summed E-state index contributed by atoms with van der Waals surface area (Å²) in [6.07, 6.45) is 0.504. The molecular weight excluding hydrogens is 164 g/mol. The van der Waals surface area contributed by atoms with E-state index in [0.29, 0.717) is 17.7 Å². The first-order valence-electron chi connectivity index (χ1n) is 4.36. The number of hydrogen-bond donors (Lipinski definition) is 0. The van der Waals surface area contributed by atoms with Gasteiger partial charge in [-0.1, -0.05) is 19.1 Å². The molecule has 2 heteroatoms. The molecular formula is C11H13O2. The van der Waals surface area contributed by atoms with Crippen LogP contribution in [0.4, 0.5) is 0 Å². The molecule has 0 N–H and O–H groups in total. The summed E-state index contributed by atoms with van der Waals surface area (Å²) in [7, 11) is 0. The lowest BCUT2D eigenvalue weighted by Gasteiger charge is -2.06. The third-order valence-electron chi connectivity index (χ3n) is 1.75. The Bertz CT molecular complexity index is 292. The van der Waals surface area contributed by atoms with Crippen LogP contribution in [0.1, 0.15) is 30.6 Å². The number of Topliss-reactive ketones (excluding diaryl/α,β-unsaturated/α-hetero) is 1. The van der Waals surface area contributed by atoms with Crippen LogP contribution in [0, 0.1) is 6.61 Å². The molecule has 1 aromatic carbocycles. The lowest BCUT2D eigenvalue weighted by molar-refractivity contribution is 0.0985. The maximum absolute atomic E-state index is 11.4. The van der Waals surface area contributed by atoms with Crippen molar-refractivity contribution in [1.29, 1.82) is 0 Å². The zero-order chi connectivity index (χ0) is 9.68. The predicted octanol–water partition coefficient (Wildman–Crippen LogP) is 2.84. The summed E-state index contributed by atoms with van der Waals surface area (Å²) in [6, 6.07) is 7.27. The minimum atomic E-state index is 0.109. The zero-order valence-corrected chi connectivity index (χ0v) is 7.91. The van der Waals surface area contributed by atoms with Crippen LogP contribution in [0.2, 0.25) is 0 Å². The number of rotatable bonds is 4. The van der Waals surface area contributed by atoms with Gasteiger partial charge in [-0.3, -0.25) is 4.79 Å². The van der Waals surface area contributed by atoms with Crippen molar-refractivity contribution >= 4 is 5.78 Å². The quantitative estimate of drug-likeness (QED) is 0.661. The first kappa shape index (κ1) is 9.78. The van der Waals surface area contributed by atoms with Gasteiger partial charge < -0.3 is 4.74 Å². The first-order chi connectivity index (χ1) is 6.29. The summed E-state index contributed by atoms with van der Waals surface area (Å²) < 4.78 is 5.21. The monoisotopic (exact) mass is 177 g/mol. The van der Waals surface area contributed by atoms with Gasteiger partial charge in [0.1, 0.15) is 12.4 Å². The summed E-state index contributed by atoms with van der Waals surface area (Å²) >= 11 is 0. The highest BCUT2D eigenvalue weighted by Crippen LogP contribution is 2.19. The van der Waals surface area contributed by atoms with Gasteiger partial charge in [-0.2, -0.15) is 0 Å². The normalized spacial score (nSPS) is 9.69. The van der Waals surface area contributed by atoms with Gasteiger partial charge in [0.25, 0.3) is 0 Å². The number of carbonyl (C=O) groups excluding carboxylic acids is 1. The van der Waals surface area contributed by atoms with Gasteiger partial charge >= 0.3 is 0 Å². The summed E-state index contributed by atoms with van der Waals surface area (Å²) in [5.41, 5.74) is 0.656. The van der Waals surface area contributed by atoms with Crippen LogP contribution >= 0.6 is 0 Å². The molecule has 1 rings (SSSR count). The molecule has 0 aliphatic heterocycles. The first-order valence-corrected chi connectivity index (χ1v) is 4.36. The molecule has 0 aliphatic rings. The molecule has 0 unspecified atom stereocenters. The molecule has 69 valence electrons. The molecule has 0 amide bonds. The second kappa shape index (κ2) is 4.65. The highest BCUT2D eigenvalue weighted by molar-refractivity contribution is 5.98. The molecule has 0 spiro atoms. The van der Waals surface area contributed by atoms with Crippen LogP contribution in [0.15, 0.2) is 24.3 Å². The van der Waals surface area contributed by atoms with E-state index in [1.54, 1.807) is 25.7 Å². The molecule has 0 atom stereocenters. The molecule has 0 bridgehead atoms. The lowest BCUT2D eigenvalue weighted by atomic mass is 10.1. The standard InChI is InChI=1S/C11H13O2/c1-3-10(12)9-7-5-6-8-11(9)13-4-2/h4-8H,3H2,1-2H3. The number of ketones is 1. The van der Waals surface area contributed by atoms with Crippen molar-refractivity contribution in [1.82, 2.24) is 0 Å². The fraction of sp³-hybridized carbons (Fsp3) is 0.273. The van der Waals surface area contributed by atoms with Crippen molar-refractivity contribution in [2.45, 2.75) is 20.3 Å². The van der Waals surface area contributed by atoms with Crippen LogP contribution in [-0.4, -0.2) is 5.78 Å². The van der Waals surface area contributed by atoms with E-state index in [1.165, 1.54) is 0 Å². The number of ether oxygens (including phenoxy) is 1. The van der Waals surface area contributed by atoms with Gasteiger partial charge in [0.2, 0.25) is 0 Å². The molecule has 0 saturated carbocycles. The lowest BCUT2D eigenvalue weighted by Crippen LogP contribution is -2.00. The fourth-order valence-electron chi connectivity index (χ4n) is 1.12. The van der Waals surface area contributed by atoms with E-state index in [9.17, 15) is 4.79 Å². The molecule has 0 saturated heterocycles. The molecule has 1 radical (unpaired) electrons. The third-order valence-corrected chi connectivity index (χ3v) is 1.75. The van der Waals surface area contributed by atoms with Gasteiger partial charge in [-0.15, -0.1) is 0 Å². The number of para-hydroxylation sites is 1. The SMILES string of the molecule is C[CH]Oc1ccccc1C(=O)CC. The van der Waals surface area contributed by atoms with Crippen LogP contribution in [0.5, 0.6) is 5.75 Å². The Kier molecular flexibility index (Phi) is 3.50. The number of benzene rings is 1. The Hall–Kier alpha value is -1.31. The van der Waals surface area contributed by atoms with Gasteiger partial charge in [0, 0.05) is 6.42 Å². The number of carbonyl (C=O) groups is 1. The van der Waals surface area contributed by atoms with Crippen LogP contribution in [0.25, 0.3) is 0 Å². The minimum Gasteiger partial charge on any atom is -0.486 e. The Labute approximate surface area is 78.5 Å². The summed E-state index contributed by atoms with van der Waals surface area (Å²) in [5.74, 6) is 0.745. The molecule has 0 aliphatic carbocycles.